The highest BCUT2D eigenvalue weighted by Gasteiger charge is 2.38. The number of aromatic nitrogens is 1. The van der Waals surface area contributed by atoms with Crippen LogP contribution in [0.5, 0.6) is 11.5 Å². The van der Waals surface area contributed by atoms with Crippen molar-refractivity contribution in [2.75, 3.05) is 19.7 Å². The average Bonchev–Trinajstić information content (AvgIpc) is 2.98. The van der Waals surface area contributed by atoms with Crippen molar-refractivity contribution in [1.82, 2.24) is 9.88 Å². The molecular weight excluding hydrogens is 315 g/mol. The van der Waals surface area contributed by atoms with Crippen LogP contribution in [-0.2, 0) is 0 Å². The summed E-state index contributed by atoms with van der Waals surface area (Å²) in [6.45, 7) is 0.0509. The number of ether oxygens (including phenoxy) is 1. The summed E-state index contributed by atoms with van der Waals surface area (Å²) in [5.74, 6) is -0.0109. The highest BCUT2D eigenvalue weighted by molar-refractivity contribution is 5.92. The molecule has 3 rings (SSSR count). The van der Waals surface area contributed by atoms with Crippen LogP contribution in [0.15, 0.2) is 42.6 Å². The van der Waals surface area contributed by atoms with Crippen LogP contribution >= 0.6 is 0 Å². The van der Waals surface area contributed by atoms with Gasteiger partial charge < -0.3 is 19.8 Å². The Morgan fingerprint density at radius 1 is 1.33 bits per heavy atom. The van der Waals surface area contributed by atoms with Crippen LogP contribution in [0.4, 0.5) is 4.39 Å². The normalized spacial score (nSPS) is 20.2. The van der Waals surface area contributed by atoms with E-state index in [2.05, 4.69) is 4.98 Å². The maximum Gasteiger partial charge on any atom is 0.272 e. The van der Waals surface area contributed by atoms with Crippen LogP contribution in [0, 0.1) is 5.82 Å². The minimum absolute atomic E-state index is 0.0750. The molecule has 0 bridgehead atoms. The van der Waals surface area contributed by atoms with Gasteiger partial charge in [0.25, 0.3) is 5.91 Å². The van der Waals surface area contributed by atoms with Crippen molar-refractivity contribution in [1.29, 1.82) is 0 Å². The minimum atomic E-state index is -1.24. The van der Waals surface area contributed by atoms with Gasteiger partial charge in [-0.15, -0.1) is 0 Å². The number of pyridine rings is 1. The Kier molecular flexibility index (Phi) is 4.46. The number of amides is 1. The van der Waals surface area contributed by atoms with Crippen LogP contribution in [0.1, 0.15) is 16.9 Å². The lowest BCUT2D eigenvalue weighted by molar-refractivity contribution is -0.00460. The van der Waals surface area contributed by atoms with Gasteiger partial charge in [0.05, 0.1) is 19.3 Å². The zero-order valence-corrected chi connectivity index (χ0v) is 12.9. The molecule has 2 N–H and O–H groups in total. The van der Waals surface area contributed by atoms with Crippen LogP contribution < -0.4 is 4.74 Å². The van der Waals surface area contributed by atoms with Gasteiger partial charge >= 0.3 is 0 Å². The Balaban J connectivity index is 1.67. The lowest BCUT2D eigenvalue weighted by Gasteiger charge is -2.20. The van der Waals surface area contributed by atoms with Crippen LogP contribution in [0.3, 0.4) is 0 Å². The van der Waals surface area contributed by atoms with Crippen LogP contribution in [0.25, 0.3) is 0 Å². The number of rotatable bonds is 4. The number of benzene rings is 1. The fourth-order valence-electron chi connectivity index (χ4n) is 2.55. The first-order chi connectivity index (χ1) is 11.5. The number of β-amino-alcohol motifs (C(OH)–C–C–N with tert-alkyl or cyclic N) is 1. The Labute approximate surface area is 138 Å². The molecular formula is C17H17FN2O4. The van der Waals surface area contributed by atoms with Gasteiger partial charge in [0.15, 0.2) is 0 Å². The number of halogens is 1. The second-order valence-corrected chi connectivity index (χ2v) is 5.80. The fourth-order valence-corrected chi connectivity index (χ4v) is 2.55. The Morgan fingerprint density at radius 2 is 2.17 bits per heavy atom. The maximum atomic E-state index is 13.1. The molecule has 2 aromatic rings. The zero-order valence-electron chi connectivity index (χ0n) is 12.9. The Morgan fingerprint density at radius 3 is 2.79 bits per heavy atom. The summed E-state index contributed by atoms with van der Waals surface area (Å²) in [4.78, 5) is 17.9. The first-order valence-corrected chi connectivity index (χ1v) is 7.51. The number of aliphatic hydroxyl groups excluding tert-OH is 1. The van der Waals surface area contributed by atoms with Crippen molar-refractivity contribution in [2.24, 2.45) is 0 Å². The molecule has 1 aliphatic heterocycles. The Hall–Kier alpha value is -2.51. The van der Waals surface area contributed by atoms with Crippen molar-refractivity contribution >= 4 is 5.91 Å². The van der Waals surface area contributed by atoms with Gasteiger partial charge in [-0.1, -0.05) is 6.07 Å². The molecule has 1 amide bonds. The van der Waals surface area contributed by atoms with Gasteiger partial charge in [0, 0.05) is 12.6 Å². The quantitative estimate of drug-likeness (QED) is 0.888. The van der Waals surface area contributed by atoms with Crippen molar-refractivity contribution in [3.05, 3.63) is 54.1 Å². The van der Waals surface area contributed by atoms with E-state index in [1.165, 1.54) is 35.4 Å². The molecule has 1 fully saturated rings. The predicted molar refractivity (Wildman–Crippen MR) is 83.3 cm³/mol. The summed E-state index contributed by atoms with van der Waals surface area (Å²) in [6.07, 6.45) is 1.71. The average molecular weight is 332 g/mol. The topological polar surface area (TPSA) is 82.9 Å². The summed E-state index contributed by atoms with van der Waals surface area (Å²) in [6, 6.07) is 8.79. The number of carbonyl (C=O) groups is 1. The van der Waals surface area contributed by atoms with E-state index in [0.717, 1.165) is 0 Å². The van der Waals surface area contributed by atoms with E-state index < -0.39 is 11.4 Å². The van der Waals surface area contributed by atoms with E-state index >= 15 is 0 Å². The van der Waals surface area contributed by atoms with E-state index in [4.69, 9.17) is 9.84 Å². The number of aliphatic hydroxyl groups is 2. The molecule has 1 aromatic heterocycles. The smallest absolute Gasteiger partial charge is 0.272 e. The standard InChI is InChI=1S/C17H17FN2O4/c18-12-2-1-3-13(8-12)24-14-4-5-15(19-9-14)16(22)20-7-6-17(23,10-20)11-21/h1-5,8-9,21,23H,6-7,10-11H2. The molecule has 1 saturated heterocycles. The van der Waals surface area contributed by atoms with E-state index in [1.54, 1.807) is 12.1 Å². The van der Waals surface area contributed by atoms with Gasteiger partial charge in [-0.05, 0) is 30.7 Å². The van der Waals surface area contributed by atoms with Gasteiger partial charge in [-0.25, -0.2) is 9.37 Å². The van der Waals surface area contributed by atoms with Gasteiger partial charge in [-0.3, -0.25) is 4.79 Å². The molecule has 2 heterocycles. The number of carbonyl (C=O) groups excluding carboxylic acids is 1. The highest BCUT2D eigenvalue weighted by Crippen LogP contribution is 2.24. The van der Waals surface area contributed by atoms with Crippen molar-refractivity contribution in [2.45, 2.75) is 12.0 Å². The maximum absolute atomic E-state index is 13.1. The van der Waals surface area contributed by atoms with Crippen molar-refractivity contribution in [3.63, 3.8) is 0 Å². The summed E-state index contributed by atoms with van der Waals surface area (Å²) in [7, 11) is 0. The van der Waals surface area contributed by atoms with E-state index in [-0.39, 0.29) is 24.8 Å². The molecule has 1 unspecified atom stereocenters. The minimum Gasteiger partial charge on any atom is -0.456 e. The lowest BCUT2D eigenvalue weighted by atomic mass is 10.1. The monoisotopic (exact) mass is 332 g/mol. The molecule has 0 radical (unpaired) electrons. The number of nitrogens with zero attached hydrogens (tertiary/aromatic N) is 2. The second-order valence-electron chi connectivity index (χ2n) is 5.80. The van der Waals surface area contributed by atoms with Crippen LogP contribution in [-0.4, -0.2) is 51.3 Å². The molecule has 0 saturated carbocycles. The first-order valence-electron chi connectivity index (χ1n) is 7.51. The van der Waals surface area contributed by atoms with Gasteiger partial charge in [0.2, 0.25) is 0 Å². The summed E-state index contributed by atoms with van der Waals surface area (Å²) in [5, 5.41) is 19.1. The zero-order chi connectivity index (χ0) is 17.2. The van der Waals surface area contributed by atoms with E-state index in [1.807, 2.05) is 0 Å². The molecule has 1 aromatic carbocycles. The SMILES string of the molecule is O=C(c1ccc(Oc2cccc(F)c2)cn1)N1CCC(O)(CO)C1. The molecule has 1 aliphatic rings. The fraction of sp³-hybridized carbons (Fsp3) is 0.294. The third-order valence-electron chi connectivity index (χ3n) is 3.90. The highest BCUT2D eigenvalue weighted by atomic mass is 19.1. The summed E-state index contributed by atoms with van der Waals surface area (Å²) >= 11 is 0. The van der Waals surface area contributed by atoms with E-state index in [0.29, 0.717) is 24.5 Å². The van der Waals surface area contributed by atoms with Gasteiger partial charge in [0.1, 0.15) is 28.6 Å². The van der Waals surface area contributed by atoms with Crippen LogP contribution in [0.2, 0.25) is 0 Å². The van der Waals surface area contributed by atoms with Gasteiger partial charge in [-0.2, -0.15) is 0 Å². The lowest BCUT2D eigenvalue weighted by Crippen LogP contribution is -2.39. The number of hydrogen-bond acceptors (Lipinski definition) is 5. The number of hydrogen-bond donors (Lipinski definition) is 2. The second kappa shape index (κ2) is 6.54. The molecule has 0 aliphatic carbocycles. The molecule has 7 heteroatoms. The molecule has 1 atom stereocenters. The molecule has 126 valence electrons. The Bertz CT molecular complexity index is 738. The third kappa shape index (κ3) is 3.52. The van der Waals surface area contributed by atoms with E-state index in [9.17, 15) is 14.3 Å². The van der Waals surface area contributed by atoms with Crippen molar-refractivity contribution < 1.29 is 24.1 Å². The number of likely N-dealkylation sites (tertiary alicyclic amines) is 1. The first kappa shape index (κ1) is 16.4. The summed E-state index contributed by atoms with van der Waals surface area (Å²) in [5.41, 5.74) is -1.03. The summed E-state index contributed by atoms with van der Waals surface area (Å²) < 4.78 is 18.6. The third-order valence-corrected chi connectivity index (χ3v) is 3.90. The molecule has 6 nitrogen and oxygen atoms in total. The van der Waals surface area contributed by atoms with Crippen molar-refractivity contribution in [3.8, 4) is 11.5 Å². The largest absolute Gasteiger partial charge is 0.456 e. The molecule has 0 spiro atoms. The molecule has 24 heavy (non-hydrogen) atoms. The predicted octanol–water partition coefficient (Wildman–Crippen LogP) is 1.58.